The summed E-state index contributed by atoms with van der Waals surface area (Å²) in [7, 11) is 0. The molecule has 1 heteroatoms. The number of hydrogen-bond donors (Lipinski definition) is 1. The van der Waals surface area contributed by atoms with Gasteiger partial charge in [-0.25, -0.2) is 0 Å². The van der Waals surface area contributed by atoms with E-state index in [0.29, 0.717) is 6.04 Å². The summed E-state index contributed by atoms with van der Waals surface area (Å²) >= 11 is 0. The minimum absolute atomic E-state index is 0.619. The molecule has 1 saturated carbocycles. The Balaban J connectivity index is 1.64. The maximum Gasteiger partial charge on any atom is 0.0349 e. The highest BCUT2D eigenvalue weighted by molar-refractivity contribution is 5.20. The Hall–Kier alpha value is -0.820. The van der Waals surface area contributed by atoms with E-state index in [0.717, 1.165) is 11.8 Å². The lowest BCUT2D eigenvalue weighted by Crippen LogP contribution is -2.20. The minimum Gasteiger partial charge on any atom is -0.310 e. The van der Waals surface area contributed by atoms with E-state index in [-0.39, 0.29) is 0 Å². The van der Waals surface area contributed by atoms with Crippen LogP contribution in [0.4, 0.5) is 0 Å². The summed E-state index contributed by atoms with van der Waals surface area (Å²) in [6, 6.07) is 11.7. The fraction of sp³-hybridized carbons (Fsp3) is 0.647. The van der Waals surface area contributed by atoms with Crippen molar-refractivity contribution in [3.63, 3.8) is 0 Å². The average molecular weight is 243 g/mol. The molecule has 18 heavy (non-hydrogen) atoms. The SMILES string of the molecule is c1ccc(C2NCCC2CC2CCCCC2)cc1. The highest BCUT2D eigenvalue weighted by atomic mass is 15.0. The molecule has 2 fully saturated rings. The summed E-state index contributed by atoms with van der Waals surface area (Å²) in [6.45, 7) is 1.21. The Morgan fingerprint density at radius 2 is 1.72 bits per heavy atom. The van der Waals surface area contributed by atoms with Crippen molar-refractivity contribution < 1.29 is 0 Å². The standard InChI is InChI=1S/C17H25N/c1-3-7-14(8-4-1)13-16-11-12-18-17(16)15-9-5-2-6-10-15/h2,5-6,9-10,14,16-18H,1,3-4,7-8,11-13H2. The second kappa shape index (κ2) is 5.88. The summed E-state index contributed by atoms with van der Waals surface area (Å²) < 4.78 is 0. The fourth-order valence-corrected chi connectivity index (χ4v) is 3.91. The van der Waals surface area contributed by atoms with Gasteiger partial charge in [-0.05, 0) is 36.8 Å². The summed E-state index contributed by atoms with van der Waals surface area (Å²) in [6.07, 6.45) is 10.2. The van der Waals surface area contributed by atoms with Gasteiger partial charge in [0.15, 0.2) is 0 Å². The Kier molecular flexibility index (Phi) is 3.99. The van der Waals surface area contributed by atoms with Crippen LogP contribution in [0.15, 0.2) is 30.3 Å². The van der Waals surface area contributed by atoms with Crippen LogP contribution in [0.1, 0.15) is 56.6 Å². The predicted molar refractivity (Wildman–Crippen MR) is 76.5 cm³/mol. The molecular formula is C17H25N. The van der Waals surface area contributed by atoms with Gasteiger partial charge in [-0.3, -0.25) is 0 Å². The van der Waals surface area contributed by atoms with E-state index in [1.807, 2.05) is 0 Å². The largest absolute Gasteiger partial charge is 0.310 e. The third kappa shape index (κ3) is 2.77. The lowest BCUT2D eigenvalue weighted by atomic mass is 9.79. The second-order valence-corrected chi connectivity index (χ2v) is 6.13. The van der Waals surface area contributed by atoms with Gasteiger partial charge in [0, 0.05) is 6.04 Å². The van der Waals surface area contributed by atoms with Crippen LogP contribution in [0, 0.1) is 11.8 Å². The first-order valence-corrected chi connectivity index (χ1v) is 7.72. The zero-order valence-electron chi connectivity index (χ0n) is 11.3. The fourth-order valence-electron chi connectivity index (χ4n) is 3.91. The molecule has 1 aromatic rings. The minimum atomic E-state index is 0.619. The highest BCUT2D eigenvalue weighted by Crippen LogP contribution is 2.38. The summed E-state index contributed by atoms with van der Waals surface area (Å²) in [5, 5.41) is 3.71. The van der Waals surface area contributed by atoms with Gasteiger partial charge in [-0.15, -0.1) is 0 Å². The smallest absolute Gasteiger partial charge is 0.0349 e. The molecule has 1 aliphatic carbocycles. The molecule has 0 radical (unpaired) electrons. The molecule has 98 valence electrons. The molecule has 2 atom stereocenters. The van der Waals surface area contributed by atoms with Gasteiger partial charge in [0.25, 0.3) is 0 Å². The van der Waals surface area contributed by atoms with Gasteiger partial charge in [0.05, 0.1) is 0 Å². The van der Waals surface area contributed by atoms with E-state index in [9.17, 15) is 0 Å². The van der Waals surface area contributed by atoms with E-state index in [1.54, 1.807) is 0 Å². The van der Waals surface area contributed by atoms with Gasteiger partial charge in [-0.2, -0.15) is 0 Å². The number of hydrogen-bond acceptors (Lipinski definition) is 1. The van der Waals surface area contributed by atoms with Crippen LogP contribution in [-0.2, 0) is 0 Å². The molecule has 2 aliphatic rings. The van der Waals surface area contributed by atoms with Crippen LogP contribution >= 0.6 is 0 Å². The summed E-state index contributed by atoms with van der Waals surface area (Å²) in [5.41, 5.74) is 1.50. The van der Waals surface area contributed by atoms with Gasteiger partial charge in [0.2, 0.25) is 0 Å². The average Bonchev–Trinajstić information content (AvgIpc) is 2.89. The molecule has 0 amide bonds. The zero-order chi connectivity index (χ0) is 12.2. The number of rotatable bonds is 3. The molecule has 1 aliphatic heterocycles. The third-order valence-electron chi connectivity index (χ3n) is 4.87. The molecule has 1 nitrogen and oxygen atoms in total. The van der Waals surface area contributed by atoms with Crippen LogP contribution in [0.25, 0.3) is 0 Å². The van der Waals surface area contributed by atoms with Gasteiger partial charge in [0.1, 0.15) is 0 Å². The van der Waals surface area contributed by atoms with Crippen LogP contribution < -0.4 is 5.32 Å². The first-order valence-electron chi connectivity index (χ1n) is 7.72. The van der Waals surface area contributed by atoms with Crippen molar-refractivity contribution in [3.8, 4) is 0 Å². The van der Waals surface area contributed by atoms with Gasteiger partial charge >= 0.3 is 0 Å². The molecule has 1 heterocycles. The monoisotopic (exact) mass is 243 g/mol. The van der Waals surface area contributed by atoms with Crippen molar-refractivity contribution in [3.05, 3.63) is 35.9 Å². The number of benzene rings is 1. The Bertz CT molecular complexity index is 353. The molecule has 1 aromatic carbocycles. The topological polar surface area (TPSA) is 12.0 Å². The van der Waals surface area contributed by atoms with Crippen molar-refractivity contribution in [2.45, 2.75) is 51.0 Å². The summed E-state index contributed by atoms with van der Waals surface area (Å²) in [5.74, 6) is 1.88. The van der Waals surface area contributed by atoms with Crippen molar-refractivity contribution in [2.24, 2.45) is 11.8 Å². The highest BCUT2D eigenvalue weighted by Gasteiger charge is 2.30. The van der Waals surface area contributed by atoms with E-state index >= 15 is 0 Å². The Morgan fingerprint density at radius 1 is 0.944 bits per heavy atom. The molecule has 2 unspecified atom stereocenters. The van der Waals surface area contributed by atoms with E-state index in [2.05, 4.69) is 35.6 Å². The Morgan fingerprint density at radius 3 is 2.50 bits per heavy atom. The van der Waals surface area contributed by atoms with Crippen molar-refractivity contribution in [1.82, 2.24) is 5.32 Å². The second-order valence-electron chi connectivity index (χ2n) is 6.13. The van der Waals surface area contributed by atoms with E-state index in [1.165, 1.54) is 57.1 Å². The number of nitrogens with one attached hydrogen (secondary N) is 1. The van der Waals surface area contributed by atoms with E-state index in [4.69, 9.17) is 0 Å². The first-order chi connectivity index (χ1) is 8.93. The molecule has 0 bridgehead atoms. The van der Waals surface area contributed by atoms with Crippen molar-refractivity contribution >= 4 is 0 Å². The van der Waals surface area contributed by atoms with E-state index < -0.39 is 0 Å². The molecule has 0 aromatic heterocycles. The third-order valence-corrected chi connectivity index (χ3v) is 4.87. The lowest BCUT2D eigenvalue weighted by molar-refractivity contribution is 0.274. The molecule has 3 rings (SSSR count). The Labute approximate surface area is 111 Å². The molecule has 1 N–H and O–H groups in total. The van der Waals surface area contributed by atoms with Crippen LogP contribution in [0.5, 0.6) is 0 Å². The van der Waals surface area contributed by atoms with Crippen LogP contribution in [0.3, 0.4) is 0 Å². The molecular weight excluding hydrogens is 218 g/mol. The first kappa shape index (κ1) is 12.2. The normalized spacial score (nSPS) is 29.6. The van der Waals surface area contributed by atoms with Crippen LogP contribution in [0.2, 0.25) is 0 Å². The predicted octanol–water partition coefficient (Wildman–Crippen LogP) is 4.31. The summed E-state index contributed by atoms with van der Waals surface area (Å²) in [4.78, 5) is 0. The maximum absolute atomic E-state index is 3.71. The molecule has 0 spiro atoms. The van der Waals surface area contributed by atoms with Crippen LogP contribution in [-0.4, -0.2) is 6.54 Å². The van der Waals surface area contributed by atoms with Gasteiger partial charge in [-0.1, -0.05) is 62.4 Å². The zero-order valence-corrected chi connectivity index (χ0v) is 11.3. The quantitative estimate of drug-likeness (QED) is 0.834. The lowest BCUT2D eigenvalue weighted by Gasteiger charge is -2.27. The van der Waals surface area contributed by atoms with Gasteiger partial charge < -0.3 is 5.32 Å². The maximum atomic E-state index is 3.71. The van der Waals surface area contributed by atoms with Crippen molar-refractivity contribution in [2.75, 3.05) is 6.54 Å². The van der Waals surface area contributed by atoms with Crippen molar-refractivity contribution in [1.29, 1.82) is 0 Å². The molecule has 1 saturated heterocycles.